The van der Waals surface area contributed by atoms with Gasteiger partial charge in [-0.15, -0.1) is 0 Å². The molecule has 0 amide bonds. The molecule has 0 heterocycles. The molecule has 0 fully saturated rings. The van der Waals surface area contributed by atoms with Crippen LogP contribution in [0.3, 0.4) is 0 Å². The molecule has 0 aliphatic rings. The smallest absolute Gasteiger partial charge is 0.288 e. The SMILES string of the molecule is Cc1cc([N+](=O)[O-])c(Cl)cc1Oc1cccc(C(C)C)c1. The number of rotatable bonds is 4. The Balaban J connectivity index is 2.34. The highest BCUT2D eigenvalue weighted by molar-refractivity contribution is 6.32. The van der Waals surface area contributed by atoms with Gasteiger partial charge >= 0.3 is 0 Å². The van der Waals surface area contributed by atoms with Gasteiger partial charge in [0.2, 0.25) is 0 Å². The Kier molecular flexibility index (Phi) is 4.48. The summed E-state index contributed by atoms with van der Waals surface area (Å²) in [7, 11) is 0. The minimum atomic E-state index is -0.501. The minimum absolute atomic E-state index is 0.0700. The standard InChI is InChI=1S/C16H16ClNO3/c1-10(2)12-5-4-6-13(8-12)21-16-9-14(17)15(18(19)20)7-11(16)3/h4-10H,1-3H3. The molecule has 0 saturated carbocycles. The number of nitro benzene ring substituents is 1. The number of hydrogen-bond donors (Lipinski definition) is 0. The Morgan fingerprint density at radius 1 is 1.24 bits per heavy atom. The predicted molar refractivity (Wildman–Crippen MR) is 83.4 cm³/mol. The molecule has 0 unspecified atom stereocenters. The largest absolute Gasteiger partial charge is 0.457 e. The van der Waals surface area contributed by atoms with Crippen molar-refractivity contribution in [2.45, 2.75) is 26.7 Å². The van der Waals surface area contributed by atoms with Crippen LogP contribution in [0.1, 0.15) is 30.9 Å². The average Bonchev–Trinajstić information content (AvgIpc) is 2.42. The van der Waals surface area contributed by atoms with E-state index in [2.05, 4.69) is 13.8 Å². The summed E-state index contributed by atoms with van der Waals surface area (Å²) >= 11 is 5.92. The van der Waals surface area contributed by atoms with Gasteiger partial charge in [0.05, 0.1) is 4.92 Å². The van der Waals surface area contributed by atoms with Crippen LogP contribution in [0.2, 0.25) is 5.02 Å². The third kappa shape index (κ3) is 3.52. The topological polar surface area (TPSA) is 52.4 Å². The maximum absolute atomic E-state index is 10.8. The molecule has 0 spiro atoms. The lowest BCUT2D eigenvalue weighted by Crippen LogP contribution is -1.94. The Labute approximate surface area is 128 Å². The van der Waals surface area contributed by atoms with Crippen molar-refractivity contribution in [2.75, 3.05) is 0 Å². The summed E-state index contributed by atoms with van der Waals surface area (Å²) in [4.78, 5) is 10.3. The number of nitro groups is 1. The lowest BCUT2D eigenvalue weighted by molar-refractivity contribution is -0.384. The molecule has 110 valence electrons. The fourth-order valence-electron chi connectivity index (χ4n) is 1.96. The van der Waals surface area contributed by atoms with E-state index in [-0.39, 0.29) is 10.7 Å². The number of ether oxygens (including phenoxy) is 1. The molecule has 2 aromatic rings. The number of hydrogen-bond acceptors (Lipinski definition) is 3. The van der Waals surface area contributed by atoms with Crippen LogP contribution in [0.15, 0.2) is 36.4 Å². The molecule has 2 rings (SSSR count). The summed E-state index contributed by atoms with van der Waals surface area (Å²) in [6.07, 6.45) is 0. The van der Waals surface area contributed by atoms with Crippen molar-refractivity contribution in [2.24, 2.45) is 0 Å². The zero-order chi connectivity index (χ0) is 15.6. The summed E-state index contributed by atoms with van der Waals surface area (Å²) < 4.78 is 5.81. The van der Waals surface area contributed by atoms with Crippen LogP contribution in [0, 0.1) is 17.0 Å². The lowest BCUT2D eigenvalue weighted by Gasteiger charge is -2.12. The molecule has 0 aliphatic carbocycles. The van der Waals surface area contributed by atoms with Crippen LogP contribution in [0.5, 0.6) is 11.5 Å². The molecule has 5 heteroatoms. The van der Waals surface area contributed by atoms with Gasteiger partial charge in [-0.25, -0.2) is 0 Å². The van der Waals surface area contributed by atoms with Gasteiger partial charge in [-0.05, 0) is 36.1 Å². The molecular weight excluding hydrogens is 290 g/mol. The first-order chi connectivity index (χ1) is 9.88. The highest BCUT2D eigenvalue weighted by atomic mass is 35.5. The molecule has 0 bridgehead atoms. The van der Waals surface area contributed by atoms with Gasteiger partial charge < -0.3 is 4.74 Å². The summed E-state index contributed by atoms with van der Waals surface area (Å²) in [5.74, 6) is 1.61. The van der Waals surface area contributed by atoms with E-state index >= 15 is 0 Å². The van der Waals surface area contributed by atoms with Gasteiger partial charge in [0.25, 0.3) is 5.69 Å². The second kappa shape index (κ2) is 6.14. The molecular formula is C16H16ClNO3. The van der Waals surface area contributed by atoms with Crippen LogP contribution in [0.25, 0.3) is 0 Å². The van der Waals surface area contributed by atoms with E-state index in [0.717, 1.165) is 5.56 Å². The van der Waals surface area contributed by atoms with E-state index in [1.165, 1.54) is 12.1 Å². The highest BCUT2D eigenvalue weighted by Crippen LogP contribution is 2.34. The molecule has 0 atom stereocenters. The first-order valence-electron chi connectivity index (χ1n) is 6.61. The van der Waals surface area contributed by atoms with Crippen LogP contribution >= 0.6 is 11.6 Å². The van der Waals surface area contributed by atoms with Gasteiger partial charge in [-0.2, -0.15) is 0 Å². The zero-order valence-corrected chi connectivity index (χ0v) is 12.8. The molecule has 0 radical (unpaired) electrons. The van der Waals surface area contributed by atoms with Crippen LogP contribution in [-0.2, 0) is 0 Å². The Hall–Kier alpha value is -2.07. The molecule has 0 aliphatic heterocycles. The first kappa shape index (κ1) is 15.3. The molecule has 0 aromatic heterocycles. The maximum Gasteiger partial charge on any atom is 0.288 e. The molecule has 2 aromatic carbocycles. The monoisotopic (exact) mass is 305 g/mol. The fourth-order valence-corrected chi connectivity index (χ4v) is 2.18. The fraction of sp³-hybridized carbons (Fsp3) is 0.250. The Bertz CT molecular complexity index is 683. The number of aryl methyl sites for hydroxylation is 1. The second-order valence-corrected chi connectivity index (χ2v) is 5.56. The van der Waals surface area contributed by atoms with Crippen molar-refractivity contribution in [3.63, 3.8) is 0 Å². The van der Waals surface area contributed by atoms with E-state index in [4.69, 9.17) is 16.3 Å². The third-order valence-electron chi connectivity index (χ3n) is 3.19. The summed E-state index contributed by atoms with van der Waals surface area (Å²) in [5.41, 5.74) is 1.72. The maximum atomic E-state index is 10.8. The van der Waals surface area contributed by atoms with Crippen molar-refractivity contribution in [1.82, 2.24) is 0 Å². The van der Waals surface area contributed by atoms with Crippen molar-refractivity contribution in [3.05, 3.63) is 62.7 Å². The zero-order valence-electron chi connectivity index (χ0n) is 12.1. The van der Waals surface area contributed by atoms with E-state index in [1.807, 2.05) is 24.3 Å². The Morgan fingerprint density at radius 3 is 2.57 bits per heavy atom. The van der Waals surface area contributed by atoms with Gasteiger partial charge in [-0.3, -0.25) is 10.1 Å². The minimum Gasteiger partial charge on any atom is -0.457 e. The predicted octanol–water partition coefficient (Wildman–Crippen LogP) is 5.47. The average molecular weight is 306 g/mol. The summed E-state index contributed by atoms with van der Waals surface area (Å²) in [6, 6.07) is 10.7. The van der Waals surface area contributed by atoms with Crippen molar-refractivity contribution < 1.29 is 9.66 Å². The molecule has 4 nitrogen and oxygen atoms in total. The van der Waals surface area contributed by atoms with Gasteiger partial charge in [-0.1, -0.05) is 37.6 Å². The van der Waals surface area contributed by atoms with Crippen LogP contribution < -0.4 is 4.74 Å². The van der Waals surface area contributed by atoms with Crippen molar-refractivity contribution in [3.8, 4) is 11.5 Å². The highest BCUT2D eigenvalue weighted by Gasteiger charge is 2.16. The Morgan fingerprint density at radius 2 is 1.95 bits per heavy atom. The van der Waals surface area contributed by atoms with Crippen molar-refractivity contribution in [1.29, 1.82) is 0 Å². The quantitative estimate of drug-likeness (QED) is 0.555. The summed E-state index contributed by atoms with van der Waals surface area (Å²) in [6.45, 7) is 5.96. The molecule has 0 N–H and O–H groups in total. The van der Waals surface area contributed by atoms with Crippen LogP contribution in [-0.4, -0.2) is 4.92 Å². The number of halogens is 1. The normalized spacial score (nSPS) is 10.7. The second-order valence-electron chi connectivity index (χ2n) is 5.16. The lowest BCUT2D eigenvalue weighted by atomic mass is 10.0. The van der Waals surface area contributed by atoms with Gasteiger partial charge in [0.1, 0.15) is 16.5 Å². The van der Waals surface area contributed by atoms with E-state index < -0.39 is 4.92 Å². The summed E-state index contributed by atoms with van der Waals surface area (Å²) in [5, 5.41) is 10.9. The molecule has 0 saturated heterocycles. The van der Waals surface area contributed by atoms with E-state index in [0.29, 0.717) is 23.0 Å². The van der Waals surface area contributed by atoms with E-state index in [9.17, 15) is 10.1 Å². The first-order valence-corrected chi connectivity index (χ1v) is 6.98. The number of nitrogens with zero attached hydrogens (tertiary/aromatic N) is 1. The number of benzene rings is 2. The van der Waals surface area contributed by atoms with Gasteiger partial charge in [0, 0.05) is 12.1 Å². The van der Waals surface area contributed by atoms with Crippen LogP contribution in [0.4, 0.5) is 5.69 Å². The van der Waals surface area contributed by atoms with E-state index in [1.54, 1.807) is 6.92 Å². The van der Waals surface area contributed by atoms with Gasteiger partial charge in [0.15, 0.2) is 0 Å². The third-order valence-corrected chi connectivity index (χ3v) is 3.50. The molecule has 21 heavy (non-hydrogen) atoms. The van der Waals surface area contributed by atoms with Crippen molar-refractivity contribution >= 4 is 17.3 Å².